The van der Waals surface area contributed by atoms with Gasteiger partial charge in [-0.25, -0.2) is 4.99 Å². The van der Waals surface area contributed by atoms with Crippen LogP contribution < -0.4 is 10.6 Å². The van der Waals surface area contributed by atoms with E-state index in [1.54, 1.807) is 0 Å². The maximum atomic E-state index is 11.1. The molecule has 3 N–H and O–H groups in total. The van der Waals surface area contributed by atoms with Gasteiger partial charge in [-0.2, -0.15) is 0 Å². The molecule has 0 heterocycles. The van der Waals surface area contributed by atoms with Crippen LogP contribution in [0.3, 0.4) is 0 Å². The fourth-order valence-corrected chi connectivity index (χ4v) is 3.83. The van der Waals surface area contributed by atoms with E-state index in [-0.39, 0.29) is 24.0 Å². The largest absolute Gasteiger partial charge is 0.383 e. The second-order valence-corrected chi connectivity index (χ2v) is 7.60. The van der Waals surface area contributed by atoms with Crippen molar-refractivity contribution in [2.45, 2.75) is 65.0 Å². The number of halogens is 1. The smallest absolute Gasteiger partial charge is 0.191 e. The van der Waals surface area contributed by atoms with E-state index in [2.05, 4.69) is 49.3 Å². The van der Waals surface area contributed by atoms with Gasteiger partial charge < -0.3 is 20.6 Å². The fraction of sp³-hybridized carbons (Fsp3) is 0.682. The summed E-state index contributed by atoms with van der Waals surface area (Å²) in [6, 6.07) is 8.54. The van der Waals surface area contributed by atoms with E-state index >= 15 is 0 Å². The first-order valence-electron chi connectivity index (χ1n) is 10.6. The lowest BCUT2D eigenvalue weighted by Crippen LogP contribution is -2.43. The number of rotatable bonds is 10. The van der Waals surface area contributed by atoms with E-state index in [1.807, 2.05) is 18.2 Å². The Morgan fingerprint density at radius 2 is 1.96 bits per heavy atom. The van der Waals surface area contributed by atoms with Crippen LogP contribution in [0.5, 0.6) is 0 Å². The van der Waals surface area contributed by atoms with Gasteiger partial charge in [0.25, 0.3) is 0 Å². The third-order valence-corrected chi connectivity index (χ3v) is 5.56. The summed E-state index contributed by atoms with van der Waals surface area (Å²) in [6.45, 7) is 13.3. The first-order chi connectivity index (χ1) is 13.0. The minimum absolute atomic E-state index is 0. The molecule has 0 saturated heterocycles. The summed E-state index contributed by atoms with van der Waals surface area (Å²) >= 11 is 0. The van der Waals surface area contributed by atoms with Crippen LogP contribution in [0.4, 0.5) is 0 Å². The van der Waals surface area contributed by atoms with Crippen molar-refractivity contribution < 1.29 is 5.11 Å². The number of nitrogens with one attached hydrogen (secondary N) is 2. The van der Waals surface area contributed by atoms with Crippen molar-refractivity contribution in [3.63, 3.8) is 0 Å². The van der Waals surface area contributed by atoms with Crippen LogP contribution in [-0.2, 0) is 12.0 Å². The van der Waals surface area contributed by atoms with E-state index in [4.69, 9.17) is 4.99 Å². The molecule has 1 aliphatic rings. The molecule has 0 spiro atoms. The van der Waals surface area contributed by atoms with Gasteiger partial charge >= 0.3 is 0 Å². The normalized spacial score (nSPS) is 19.9. The molecule has 160 valence electrons. The summed E-state index contributed by atoms with van der Waals surface area (Å²) in [5.74, 6) is 0.797. The third-order valence-electron chi connectivity index (χ3n) is 5.56. The Morgan fingerprint density at radius 3 is 2.64 bits per heavy atom. The summed E-state index contributed by atoms with van der Waals surface area (Å²) in [6.07, 6.45) is 3.95. The molecule has 28 heavy (non-hydrogen) atoms. The van der Waals surface area contributed by atoms with Crippen LogP contribution in [0.15, 0.2) is 29.3 Å². The lowest BCUT2D eigenvalue weighted by molar-refractivity contribution is 0.0485. The molecule has 0 aliphatic heterocycles. The predicted octanol–water partition coefficient (Wildman–Crippen LogP) is 3.50. The van der Waals surface area contributed by atoms with Crippen molar-refractivity contribution in [3.05, 3.63) is 35.4 Å². The van der Waals surface area contributed by atoms with Gasteiger partial charge in [-0.1, -0.05) is 38.1 Å². The number of nitrogens with zero attached hydrogens (tertiary/aromatic N) is 2. The van der Waals surface area contributed by atoms with Crippen molar-refractivity contribution in [2.75, 3.05) is 32.7 Å². The van der Waals surface area contributed by atoms with Crippen molar-refractivity contribution in [1.82, 2.24) is 15.5 Å². The predicted molar refractivity (Wildman–Crippen MR) is 130 cm³/mol. The highest BCUT2D eigenvalue weighted by Gasteiger charge is 2.36. The Labute approximate surface area is 188 Å². The number of fused-ring (bicyclic) bond motifs is 1. The van der Waals surface area contributed by atoms with Crippen LogP contribution >= 0.6 is 24.0 Å². The molecule has 0 saturated carbocycles. The minimum atomic E-state index is -0.842. The molecule has 1 aliphatic carbocycles. The number of aliphatic hydroxyl groups is 1. The number of hydrogen-bond donors (Lipinski definition) is 3. The molecular formula is C22H39IN4O. The minimum Gasteiger partial charge on any atom is -0.383 e. The highest BCUT2D eigenvalue weighted by Crippen LogP contribution is 2.36. The van der Waals surface area contributed by atoms with Crippen LogP contribution in [0.25, 0.3) is 0 Å². The number of benzene rings is 1. The zero-order chi connectivity index (χ0) is 19.7. The first kappa shape index (κ1) is 25.2. The van der Waals surface area contributed by atoms with Gasteiger partial charge in [-0.15, -0.1) is 24.0 Å². The lowest BCUT2D eigenvalue weighted by atomic mass is 9.96. The molecule has 0 fully saturated rings. The Kier molecular flexibility index (Phi) is 11.4. The van der Waals surface area contributed by atoms with Crippen molar-refractivity contribution >= 4 is 29.9 Å². The summed E-state index contributed by atoms with van der Waals surface area (Å²) in [7, 11) is 0. The number of aliphatic imine (C=N–C) groups is 1. The van der Waals surface area contributed by atoms with Crippen LogP contribution in [0.2, 0.25) is 0 Å². The maximum absolute atomic E-state index is 11.1. The zero-order valence-corrected chi connectivity index (χ0v) is 20.3. The van der Waals surface area contributed by atoms with Crippen LogP contribution in [-0.4, -0.2) is 54.7 Å². The van der Waals surface area contributed by atoms with E-state index < -0.39 is 5.60 Å². The van der Waals surface area contributed by atoms with Crippen LogP contribution in [0.1, 0.15) is 58.1 Å². The molecular weight excluding hydrogens is 463 g/mol. The fourth-order valence-electron chi connectivity index (χ4n) is 3.83. The Morgan fingerprint density at radius 1 is 1.25 bits per heavy atom. The molecule has 2 atom stereocenters. The summed E-state index contributed by atoms with van der Waals surface area (Å²) < 4.78 is 0. The topological polar surface area (TPSA) is 59.9 Å². The quantitative estimate of drug-likeness (QED) is 0.261. The van der Waals surface area contributed by atoms with Gasteiger partial charge in [0.2, 0.25) is 0 Å². The molecule has 6 heteroatoms. The van der Waals surface area contributed by atoms with E-state index in [1.165, 1.54) is 12.0 Å². The maximum Gasteiger partial charge on any atom is 0.191 e. The summed E-state index contributed by atoms with van der Waals surface area (Å²) in [5.41, 5.74) is 1.44. The van der Waals surface area contributed by atoms with Gasteiger partial charge in [0, 0.05) is 12.6 Å². The van der Waals surface area contributed by atoms with Crippen molar-refractivity contribution in [2.24, 2.45) is 4.99 Å². The number of aryl methyl sites for hydroxylation is 1. The molecule has 5 nitrogen and oxygen atoms in total. The molecule has 2 rings (SSSR count). The third kappa shape index (κ3) is 7.19. The lowest BCUT2D eigenvalue weighted by Gasteiger charge is -2.24. The van der Waals surface area contributed by atoms with Gasteiger partial charge in [-0.3, -0.25) is 0 Å². The van der Waals surface area contributed by atoms with Crippen molar-refractivity contribution in [1.29, 1.82) is 0 Å². The molecule has 0 radical (unpaired) electrons. The molecule has 1 aromatic rings. The Hall–Kier alpha value is -0.860. The standard InChI is InChI=1S/C22H38N4O.HI/c1-5-23-21(25-18(4)11-10-16-26(6-2)7-3)24-17-22(27)15-14-19-12-8-9-13-20(19)22;/h8-9,12-13,18,27H,5-7,10-11,14-17H2,1-4H3,(H2,23,24,25);1H. The molecule has 1 aromatic carbocycles. The SMILES string of the molecule is CCNC(=NCC1(O)CCc2ccccc21)NC(C)CCCN(CC)CC.I. The number of hydrogen-bond acceptors (Lipinski definition) is 3. The van der Waals surface area contributed by atoms with Gasteiger partial charge in [0.15, 0.2) is 5.96 Å². The second-order valence-electron chi connectivity index (χ2n) is 7.60. The summed E-state index contributed by atoms with van der Waals surface area (Å²) in [5, 5.41) is 17.9. The second kappa shape index (κ2) is 12.6. The average molecular weight is 502 g/mol. The molecule has 2 unspecified atom stereocenters. The van der Waals surface area contributed by atoms with E-state index in [0.717, 1.165) is 57.0 Å². The van der Waals surface area contributed by atoms with Gasteiger partial charge in [0.05, 0.1) is 6.54 Å². The zero-order valence-electron chi connectivity index (χ0n) is 18.0. The van der Waals surface area contributed by atoms with E-state index in [9.17, 15) is 5.11 Å². The van der Waals surface area contributed by atoms with E-state index in [0.29, 0.717) is 12.6 Å². The monoisotopic (exact) mass is 502 g/mol. The Bertz CT molecular complexity index is 606. The highest BCUT2D eigenvalue weighted by molar-refractivity contribution is 14.0. The highest BCUT2D eigenvalue weighted by atomic mass is 127. The average Bonchev–Trinajstić information content (AvgIpc) is 3.01. The van der Waals surface area contributed by atoms with Gasteiger partial charge in [0.1, 0.15) is 5.60 Å². The number of guanidine groups is 1. The van der Waals surface area contributed by atoms with Crippen LogP contribution in [0, 0.1) is 0 Å². The van der Waals surface area contributed by atoms with Gasteiger partial charge in [-0.05, 0) is 70.3 Å². The Balaban J connectivity index is 0.00000392. The molecule has 0 amide bonds. The first-order valence-corrected chi connectivity index (χ1v) is 10.6. The molecule has 0 bridgehead atoms. The van der Waals surface area contributed by atoms with Crippen molar-refractivity contribution in [3.8, 4) is 0 Å². The summed E-state index contributed by atoms with van der Waals surface area (Å²) in [4.78, 5) is 7.17. The molecule has 0 aromatic heterocycles.